The number of carboxylic acid groups (broad SMARTS) is 1. The number of carbonyl (C=O) groups excluding carboxylic acids is 3. The molecule has 2 unspecified atom stereocenters. The summed E-state index contributed by atoms with van der Waals surface area (Å²) in [6, 6.07) is 16.4. The summed E-state index contributed by atoms with van der Waals surface area (Å²) in [4.78, 5) is 51.0. The first-order valence-electron chi connectivity index (χ1n) is 15.6. The van der Waals surface area contributed by atoms with Crippen LogP contribution >= 0.6 is 0 Å². The van der Waals surface area contributed by atoms with Crippen LogP contribution in [-0.4, -0.2) is 65.1 Å². The van der Waals surface area contributed by atoms with Crippen LogP contribution in [-0.2, 0) is 25.5 Å². The predicted molar refractivity (Wildman–Crippen MR) is 176 cm³/mol. The number of carboxylic acids is 1. The fourth-order valence-corrected chi connectivity index (χ4v) is 5.83. The number of phenols is 1. The first-order valence-corrected chi connectivity index (χ1v) is 15.6. The van der Waals surface area contributed by atoms with Gasteiger partial charge in [-0.15, -0.1) is 0 Å². The lowest BCUT2D eigenvalue weighted by molar-refractivity contribution is -0.142. The average Bonchev–Trinajstić information content (AvgIpc) is 3.31. The van der Waals surface area contributed by atoms with Gasteiger partial charge in [0.15, 0.2) is 0 Å². The van der Waals surface area contributed by atoms with E-state index in [1.54, 1.807) is 34.6 Å². The van der Waals surface area contributed by atoms with Crippen LogP contribution in [0.15, 0.2) is 60.7 Å². The first kappa shape index (κ1) is 34.8. The van der Waals surface area contributed by atoms with Gasteiger partial charge in [-0.1, -0.05) is 48.5 Å². The number of hydrogen-bond acceptors (Lipinski definition) is 7. The molecule has 0 spiro atoms. The molecule has 4 rings (SSSR count). The molecule has 3 aromatic carbocycles. The fourth-order valence-electron chi connectivity index (χ4n) is 5.83. The van der Waals surface area contributed by atoms with E-state index in [-0.39, 0.29) is 44.1 Å². The number of alkyl carbamates (subject to hydrolysis) is 2. The van der Waals surface area contributed by atoms with Crippen molar-refractivity contribution in [2.45, 2.75) is 77.5 Å². The van der Waals surface area contributed by atoms with Gasteiger partial charge in [0.05, 0.1) is 0 Å². The molecule has 0 fully saturated rings. The monoisotopic (exact) mass is 645 g/mol. The predicted octanol–water partition coefficient (Wildman–Crippen LogP) is 5.33. The van der Waals surface area contributed by atoms with Crippen molar-refractivity contribution in [1.29, 1.82) is 0 Å². The molecule has 250 valence electrons. The summed E-state index contributed by atoms with van der Waals surface area (Å²) in [5, 5.41) is 27.7. The number of ether oxygens (including phenoxy) is 2. The maximum atomic E-state index is 13.5. The Morgan fingerprint density at radius 3 is 1.98 bits per heavy atom. The lowest BCUT2D eigenvalue weighted by Gasteiger charge is -2.23. The molecule has 5 N–H and O–H groups in total. The Hall–Kier alpha value is -5.06. The van der Waals surface area contributed by atoms with Crippen molar-refractivity contribution >= 4 is 24.1 Å². The molecule has 11 heteroatoms. The molecule has 11 nitrogen and oxygen atoms in total. The molecule has 1 aliphatic rings. The summed E-state index contributed by atoms with van der Waals surface area (Å²) >= 11 is 0. The summed E-state index contributed by atoms with van der Waals surface area (Å²) in [5.74, 6) is -2.09. The van der Waals surface area contributed by atoms with Gasteiger partial charge in [-0.2, -0.15) is 0 Å². The van der Waals surface area contributed by atoms with E-state index < -0.39 is 41.7 Å². The molecule has 2 atom stereocenters. The number of phenolic OH excluding ortho intramolecular Hbond substituents is 1. The van der Waals surface area contributed by atoms with Crippen molar-refractivity contribution in [2.24, 2.45) is 0 Å². The number of nitrogens with one attached hydrogen (secondary N) is 3. The standard InChI is InChI=1S/C36H43N3O8/c1-21-17-23(40)18-22(2)28(21)19-31(33(42)43)38-32(41)30(15-10-16-37-34(44)47-36(3,4)5)39-35(45)46-20-29-26-13-8-6-11-24(26)25-12-7-9-14-27(25)29/h6-9,11-14,17-18,29-31,40H,10,15-16,19-20H2,1-5H3,(H,37,44)(H,38,41)(H,39,45)(H,42,43). The Kier molecular flexibility index (Phi) is 11.1. The Bertz CT molecular complexity index is 1560. The number of carbonyl (C=O) groups is 4. The van der Waals surface area contributed by atoms with Crippen LogP contribution in [0.4, 0.5) is 9.59 Å². The molecule has 0 saturated carbocycles. The number of fused-ring (bicyclic) bond motifs is 3. The van der Waals surface area contributed by atoms with Crippen LogP contribution in [0.1, 0.15) is 67.3 Å². The highest BCUT2D eigenvalue weighted by atomic mass is 16.6. The van der Waals surface area contributed by atoms with Crippen LogP contribution in [0.3, 0.4) is 0 Å². The third-order valence-electron chi connectivity index (χ3n) is 7.99. The molecule has 0 aliphatic heterocycles. The van der Waals surface area contributed by atoms with Crippen molar-refractivity contribution in [2.75, 3.05) is 13.2 Å². The first-order chi connectivity index (χ1) is 22.2. The van der Waals surface area contributed by atoms with Crippen LogP contribution in [0.5, 0.6) is 5.75 Å². The van der Waals surface area contributed by atoms with Crippen molar-refractivity contribution in [3.63, 3.8) is 0 Å². The maximum Gasteiger partial charge on any atom is 0.407 e. The van der Waals surface area contributed by atoms with Gasteiger partial charge >= 0.3 is 18.2 Å². The summed E-state index contributed by atoms with van der Waals surface area (Å²) in [5.41, 5.74) is 5.59. The molecule has 1 aliphatic carbocycles. The minimum absolute atomic E-state index is 0.0309. The average molecular weight is 646 g/mol. The number of hydrogen-bond donors (Lipinski definition) is 5. The second kappa shape index (κ2) is 15.0. The smallest absolute Gasteiger partial charge is 0.407 e. The Morgan fingerprint density at radius 1 is 0.851 bits per heavy atom. The maximum absolute atomic E-state index is 13.5. The third-order valence-corrected chi connectivity index (χ3v) is 7.99. The summed E-state index contributed by atoms with van der Waals surface area (Å²) in [6.07, 6.45) is -1.13. The topological polar surface area (TPSA) is 163 Å². The van der Waals surface area contributed by atoms with Gasteiger partial charge in [0.25, 0.3) is 0 Å². The van der Waals surface area contributed by atoms with E-state index in [2.05, 4.69) is 16.0 Å². The minimum Gasteiger partial charge on any atom is -0.508 e. The molecule has 0 bridgehead atoms. The van der Waals surface area contributed by atoms with Gasteiger partial charge < -0.3 is 35.6 Å². The lowest BCUT2D eigenvalue weighted by Crippen LogP contribution is -2.52. The molecule has 3 aromatic rings. The van der Waals surface area contributed by atoms with Gasteiger partial charge in [-0.05, 0) is 98.5 Å². The van der Waals surface area contributed by atoms with E-state index in [1.807, 2.05) is 48.5 Å². The van der Waals surface area contributed by atoms with E-state index >= 15 is 0 Å². The van der Waals surface area contributed by atoms with Crippen LogP contribution in [0.25, 0.3) is 11.1 Å². The zero-order valence-corrected chi connectivity index (χ0v) is 27.4. The van der Waals surface area contributed by atoms with Gasteiger partial charge in [0, 0.05) is 18.9 Å². The lowest BCUT2D eigenvalue weighted by atomic mass is 9.95. The van der Waals surface area contributed by atoms with Crippen LogP contribution in [0.2, 0.25) is 0 Å². The molecule has 47 heavy (non-hydrogen) atoms. The van der Waals surface area contributed by atoms with Crippen LogP contribution in [0, 0.1) is 13.8 Å². The number of rotatable bonds is 12. The van der Waals surface area contributed by atoms with E-state index in [4.69, 9.17) is 9.47 Å². The highest BCUT2D eigenvalue weighted by molar-refractivity contribution is 5.89. The third kappa shape index (κ3) is 9.25. The van der Waals surface area contributed by atoms with Crippen LogP contribution < -0.4 is 16.0 Å². The fraction of sp³-hybridized carbons (Fsp3) is 0.389. The molecular formula is C36H43N3O8. The molecule has 0 radical (unpaired) electrons. The quantitative estimate of drug-likeness (QED) is 0.165. The molecule has 0 aromatic heterocycles. The van der Waals surface area contributed by atoms with Gasteiger partial charge in [-0.3, -0.25) is 4.79 Å². The number of aromatic hydroxyl groups is 1. The normalized spacial score (nSPS) is 13.5. The van der Waals surface area contributed by atoms with Crippen molar-refractivity contribution in [3.05, 3.63) is 88.5 Å². The Labute approximate surface area is 274 Å². The van der Waals surface area contributed by atoms with Crippen molar-refractivity contribution in [3.8, 4) is 16.9 Å². The highest BCUT2D eigenvalue weighted by Gasteiger charge is 2.31. The highest BCUT2D eigenvalue weighted by Crippen LogP contribution is 2.44. The summed E-state index contributed by atoms with van der Waals surface area (Å²) in [6.45, 7) is 8.91. The second-order valence-electron chi connectivity index (χ2n) is 12.8. The summed E-state index contributed by atoms with van der Waals surface area (Å²) in [7, 11) is 0. The van der Waals surface area contributed by atoms with E-state index in [0.717, 1.165) is 22.3 Å². The molecular weight excluding hydrogens is 602 g/mol. The largest absolute Gasteiger partial charge is 0.508 e. The number of aryl methyl sites for hydroxylation is 2. The van der Waals surface area contributed by atoms with Gasteiger partial charge in [0.2, 0.25) is 5.91 Å². The second-order valence-corrected chi connectivity index (χ2v) is 12.8. The number of aliphatic carboxylic acids is 1. The molecule has 3 amide bonds. The van der Waals surface area contributed by atoms with Crippen molar-refractivity contribution < 1.29 is 38.9 Å². The zero-order valence-electron chi connectivity index (χ0n) is 27.4. The number of benzene rings is 3. The molecule has 0 heterocycles. The summed E-state index contributed by atoms with van der Waals surface area (Å²) < 4.78 is 10.9. The minimum atomic E-state index is -1.31. The Morgan fingerprint density at radius 2 is 1.43 bits per heavy atom. The van der Waals surface area contributed by atoms with Crippen molar-refractivity contribution in [1.82, 2.24) is 16.0 Å². The number of amides is 3. The van der Waals surface area contributed by atoms with E-state index in [9.17, 15) is 29.4 Å². The Balaban J connectivity index is 1.45. The SMILES string of the molecule is Cc1cc(O)cc(C)c1CC(NC(=O)C(CCCNC(=O)OC(C)(C)C)NC(=O)OCC1c2ccccc2-c2ccccc21)C(=O)O. The van der Waals surface area contributed by atoms with E-state index in [0.29, 0.717) is 16.7 Å². The zero-order chi connectivity index (χ0) is 34.3. The van der Waals surface area contributed by atoms with E-state index in [1.165, 1.54) is 12.1 Å². The molecule has 0 saturated heterocycles. The van der Waals surface area contributed by atoms with Gasteiger partial charge in [0.1, 0.15) is 30.0 Å². The van der Waals surface area contributed by atoms with Gasteiger partial charge in [-0.25, -0.2) is 14.4 Å².